The monoisotopic (exact) mass is 336 g/mol. The summed E-state index contributed by atoms with van der Waals surface area (Å²) in [6.45, 7) is 6.67. The van der Waals surface area contributed by atoms with Crippen molar-refractivity contribution >= 4 is 11.9 Å². The van der Waals surface area contributed by atoms with Crippen molar-refractivity contribution in [2.75, 3.05) is 0 Å². The Morgan fingerprint density at radius 2 is 2.00 bits per heavy atom. The lowest BCUT2D eigenvalue weighted by Crippen LogP contribution is -2.55. The van der Waals surface area contributed by atoms with Crippen LogP contribution in [0.3, 0.4) is 0 Å². The summed E-state index contributed by atoms with van der Waals surface area (Å²) in [6.07, 6.45) is 5.28. The SMILES string of the molecule is C=CC[C@@H]1C[C@]2(OC(C)=O)C[C@H](OC(C)=O)O[C@@]23C[C@@H]2O[C@@H]2C[C@H]13. The average Bonchev–Trinajstić information content (AvgIpc) is 3.09. The Balaban J connectivity index is 1.71. The predicted octanol–water partition coefficient (Wildman–Crippen LogP) is 2.11. The number of carbonyl (C=O) groups is 2. The smallest absolute Gasteiger partial charge is 0.304 e. The summed E-state index contributed by atoms with van der Waals surface area (Å²) in [5, 5.41) is 0. The molecule has 2 saturated heterocycles. The number of carbonyl (C=O) groups excluding carboxylic acids is 2. The van der Waals surface area contributed by atoms with Gasteiger partial charge in [0.2, 0.25) is 6.29 Å². The first-order valence-electron chi connectivity index (χ1n) is 8.70. The maximum Gasteiger partial charge on any atom is 0.304 e. The van der Waals surface area contributed by atoms with Crippen LogP contribution in [0.4, 0.5) is 0 Å². The normalized spacial score (nSPS) is 48.0. The fraction of sp³-hybridized carbons (Fsp3) is 0.778. The van der Waals surface area contributed by atoms with E-state index in [-0.39, 0.29) is 30.1 Å². The summed E-state index contributed by atoms with van der Waals surface area (Å²) in [4.78, 5) is 23.3. The first-order chi connectivity index (χ1) is 11.4. The second kappa shape index (κ2) is 5.30. The molecule has 0 radical (unpaired) electrons. The van der Waals surface area contributed by atoms with Crippen molar-refractivity contribution in [2.24, 2.45) is 11.8 Å². The molecule has 24 heavy (non-hydrogen) atoms. The van der Waals surface area contributed by atoms with Crippen molar-refractivity contribution in [1.82, 2.24) is 0 Å². The van der Waals surface area contributed by atoms with Gasteiger partial charge in [0.05, 0.1) is 18.6 Å². The van der Waals surface area contributed by atoms with Gasteiger partial charge in [0.15, 0.2) is 0 Å². The Morgan fingerprint density at radius 1 is 1.21 bits per heavy atom. The predicted molar refractivity (Wildman–Crippen MR) is 82.8 cm³/mol. The van der Waals surface area contributed by atoms with E-state index in [1.54, 1.807) is 0 Å². The van der Waals surface area contributed by atoms with E-state index in [1.807, 2.05) is 6.08 Å². The number of allylic oxidation sites excluding steroid dienone is 1. The van der Waals surface area contributed by atoms with E-state index in [2.05, 4.69) is 6.58 Å². The van der Waals surface area contributed by atoms with E-state index >= 15 is 0 Å². The minimum absolute atomic E-state index is 0.162. The Bertz CT molecular complexity index is 588. The summed E-state index contributed by atoms with van der Waals surface area (Å²) < 4.78 is 23.3. The van der Waals surface area contributed by atoms with Gasteiger partial charge < -0.3 is 18.9 Å². The van der Waals surface area contributed by atoms with Gasteiger partial charge in [-0.05, 0) is 31.1 Å². The van der Waals surface area contributed by atoms with Crippen LogP contribution in [0.15, 0.2) is 12.7 Å². The maximum atomic E-state index is 11.9. The van der Waals surface area contributed by atoms with Crippen LogP contribution in [0.1, 0.15) is 46.0 Å². The number of ether oxygens (including phenoxy) is 4. The van der Waals surface area contributed by atoms with Crippen molar-refractivity contribution < 1.29 is 28.5 Å². The van der Waals surface area contributed by atoms with Crippen molar-refractivity contribution in [1.29, 1.82) is 0 Å². The number of fused-ring (bicyclic) bond motifs is 1. The molecule has 2 saturated carbocycles. The van der Waals surface area contributed by atoms with Gasteiger partial charge in [0.1, 0.15) is 11.2 Å². The zero-order valence-electron chi connectivity index (χ0n) is 14.2. The molecular formula is C18H24O6. The minimum Gasteiger partial charge on any atom is -0.456 e. The highest BCUT2D eigenvalue weighted by Crippen LogP contribution is 2.66. The lowest BCUT2D eigenvalue weighted by molar-refractivity contribution is -0.214. The van der Waals surface area contributed by atoms with Crippen LogP contribution in [0.25, 0.3) is 0 Å². The Kier molecular flexibility index (Phi) is 3.55. The van der Waals surface area contributed by atoms with Crippen LogP contribution in [-0.4, -0.2) is 41.6 Å². The van der Waals surface area contributed by atoms with E-state index in [4.69, 9.17) is 18.9 Å². The molecule has 4 aliphatic rings. The number of epoxide rings is 1. The molecule has 132 valence electrons. The topological polar surface area (TPSA) is 74.4 Å². The first kappa shape index (κ1) is 16.1. The molecule has 0 aromatic rings. The van der Waals surface area contributed by atoms with Gasteiger partial charge in [-0.25, -0.2) is 0 Å². The summed E-state index contributed by atoms with van der Waals surface area (Å²) in [5.74, 6) is -0.146. The van der Waals surface area contributed by atoms with Crippen molar-refractivity contribution in [2.45, 2.75) is 75.7 Å². The van der Waals surface area contributed by atoms with Crippen LogP contribution in [0.5, 0.6) is 0 Å². The van der Waals surface area contributed by atoms with Crippen molar-refractivity contribution in [3.8, 4) is 0 Å². The minimum atomic E-state index is -0.742. The molecule has 0 unspecified atom stereocenters. The molecule has 0 aromatic heterocycles. The zero-order chi connectivity index (χ0) is 17.1. The first-order valence-corrected chi connectivity index (χ1v) is 8.70. The van der Waals surface area contributed by atoms with Crippen LogP contribution < -0.4 is 0 Å². The van der Waals surface area contributed by atoms with Crippen LogP contribution in [-0.2, 0) is 28.5 Å². The molecule has 2 aliphatic carbocycles. The molecular weight excluding hydrogens is 312 g/mol. The fourth-order valence-corrected chi connectivity index (χ4v) is 5.49. The third-order valence-electron chi connectivity index (χ3n) is 6.15. The Labute approximate surface area is 141 Å². The van der Waals surface area contributed by atoms with Crippen molar-refractivity contribution in [3.63, 3.8) is 0 Å². The largest absolute Gasteiger partial charge is 0.456 e. The summed E-state index contributed by atoms with van der Waals surface area (Å²) >= 11 is 0. The van der Waals surface area contributed by atoms with Gasteiger partial charge in [-0.1, -0.05) is 6.08 Å². The Morgan fingerprint density at radius 3 is 2.67 bits per heavy atom. The maximum absolute atomic E-state index is 11.9. The number of rotatable bonds is 4. The second-order valence-electron chi connectivity index (χ2n) is 7.59. The highest BCUT2D eigenvalue weighted by Gasteiger charge is 2.76. The van der Waals surface area contributed by atoms with Gasteiger partial charge in [0.25, 0.3) is 0 Å². The molecule has 4 rings (SSSR count). The van der Waals surface area contributed by atoms with Gasteiger partial charge in [-0.2, -0.15) is 0 Å². The Hall–Kier alpha value is -1.40. The van der Waals surface area contributed by atoms with Crippen molar-refractivity contribution in [3.05, 3.63) is 12.7 Å². The molecule has 6 heteroatoms. The summed E-state index contributed by atoms with van der Waals surface area (Å²) in [7, 11) is 0. The highest BCUT2D eigenvalue weighted by molar-refractivity contribution is 5.67. The summed E-state index contributed by atoms with van der Waals surface area (Å²) in [5.41, 5.74) is -1.36. The quantitative estimate of drug-likeness (QED) is 0.445. The molecule has 2 heterocycles. The van der Waals surface area contributed by atoms with Gasteiger partial charge in [-0.15, -0.1) is 6.58 Å². The lowest BCUT2D eigenvalue weighted by Gasteiger charge is -2.43. The third kappa shape index (κ3) is 2.23. The van der Waals surface area contributed by atoms with Gasteiger partial charge in [0, 0.05) is 20.3 Å². The molecule has 6 nitrogen and oxygen atoms in total. The molecule has 4 fully saturated rings. The summed E-state index contributed by atoms with van der Waals surface area (Å²) in [6, 6.07) is 0. The fourth-order valence-electron chi connectivity index (χ4n) is 5.49. The molecule has 0 N–H and O–H groups in total. The molecule has 0 amide bonds. The number of esters is 2. The van der Waals surface area contributed by atoms with E-state index in [1.165, 1.54) is 13.8 Å². The van der Waals surface area contributed by atoms with E-state index in [0.717, 1.165) is 19.3 Å². The average molecular weight is 336 g/mol. The molecule has 0 aromatic carbocycles. The van der Waals surface area contributed by atoms with Crippen LogP contribution in [0, 0.1) is 11.8 Å². The van der Waals surface area contributed by atoms with Gasteiger partial charge in [-0.3, -0.25) is 9.59 Å². The molecule has 2 aliphatic heterocycles. The number of hydrogen-bond donors (Lipinski definition) is 0. The second-order valence-corrected chi connectivity index (χ2v) is 7.59. The van der Waals surface area contributed by atoms with Gasteiger partial charge >= 0.3 is 11.9 Å². The standard InChI is InChI=1S/C18H24O6/c1-4-5-12-7-17(23-11(3)20)9-16(21-10(2)19)24-18(17)8-15-14(22-15)6-13(12)18/h4,12-16H,1,5-9H2,2-3H3/t12-,13-,14-,15+,16-,17+,18-/m1/s1. The molecule has 1 spiro atoms. The van der Waals surface area contributed by atoms with E-state index < -0.39 is 17.5 Å². The number of hydrogen-bond acceptors (Lipinski definition) is 6. The lowest BCUT2D eigenvalue weighted by atomic mass is 9.70. The zero-order valence-corrected chi connectivity index (χ0v) is 14.2. The molecule has 0 bridgehead atoms. The van der Waals surface area contributed by atoms with E-state index in [9.17, 15) is 9.59 Å². The molecule has 7 atom stereocenters. The highest BCUT2D eigenvalue weighted by atomic mass is 16.7. The van der Waals surface area contributed by atoms with Crippen LogP contribution in [0.2, 0.25) is 0 Å². The third-order valence-corrected chi connectivity index (χ3v) is 6.15. The van der Waals surface area contributed by atoms with E-state index in [0.29, 0.717) is 18.8 Å². The van der Waals surface area contributed by atoms with Crippen LogP contribution >= 0.6 is 0 Å².